The van der Waals surface area contributed by atoms with Crippen molar-refractivity contribution in [1.82, 2.24) is 19.3 Å². The summed E-state index contributed by atoms with van der Waals surface area (Å²) in [5.74, 6) is -0.196. The fourth-order valence-electron chi connectivity index (χ4n) is 2.53. The molecule has 2 aromatic heterocycles. The van der Waals surface area contributed by atoms with Gasteiger partial charge < -0.3 is 4.42 Å². The first kappa shape index (κ1) is 14.8. The topological polar surface area (TPSA) is 109 Å². The normalized spacial score (nSPS) is 11.0. The molecule has 4 rings (SSSR count). The summed E-state index contributed by atoms with van der Waals surface area (Å²) in [6, 6.07) is 13.5. The summed E-state index contributed by atoms with van der Waals surface area (Å²) < 4.78 is 8.04. The first-order valence-electron chi connectivity index (χ1n) is 7.35. The Morgan fingerprint density at radius 2 is 1.96 bits per heavy atom. The van der Waals surface area contributed by atoms with Crippen molar-refractivity contribution in [3.05, 3.63) is 81.3 Å². The van der Waals surface area contributed by atoms with Crippen molar-refractivity contribution in [3.8, 4) is 5.69 Å². The minimum absolute atomic E-state index is 0.101. The summed E-state index contributed by atoms with van der Waals surface area (Å²) in [6.45, 7) is 0.101. The van der Waals surface area contributed by atoms with E-state index in [1.807, 2.05) is 30.3 Å². The fraction of sp³-hybridized carbons (Fsp3) is 0.0625. The van der Waals surface area contributed by atoms with Gasteiger partial charge in [-0.25, -0.2) is 14.5 Å². The molecule has 4 aromatic rings. The van der Waals surface area contributed by atoms with E-state index in [1.165, 1.54) is 22.8 Å². The van der Waals surface area contributed by atoms with E-state index in [4.69, 9.17) is 4.42 Å². The minimum atomic E-state index is -0.619. The molecule has 0 atom stereocenters. The standard InChI is InChI=1S/C16H11N5O4/c22-16-19(13-7-6-12(21(23)24)8-14(13)25-16)9-15-17-10-20(18-15)11-4-2-1-3-5-11/h1-8,10H,9H2. The van der Waals surface area contributed by atoms with E-state index < -0.39 is 10.7 Å². The lowest BCUT2D eigenvalue weighted by atomic mass is 10.3. The quantitative estimate of drug-likeness (QED) is 0.417. The second-order valence-corrected chi connectivity index (χ2v) is 5.30. The first-order valence-corrected chi connectivity index (χ1v) is 7.35. The number of hydrogen-bond acceptors (Lipinski definition) is 6. The number of aromatic nitrogens is 4. The molecule has 0 bridgehead atoms. The van der Waals surface area contributed by atoms with Crippen LogP contribution < -0.4 is 5.76 Å². The summed E-state index contributed by atoms with van der Waals surface area (Å²) >= 11 is 0. The Morgan fingerprint density at radius 1 is 1.16 bits per heavy atom. The van der Waals surface area contributed by atoms with Crippen molar-refractivity contribution in [1.29, 1.82) is 0 Å². The third-order valence-corrected chi connectivity index (χ3v) is 3.72. The molecular weight excluding hydrogens is 326 g/mol. The Labute approximate surface area is 139 Å². The Bertz CT molecular complexity index is 1130. The number of benzene rings is 2. The molecule has 124 valence electrons. The zero-order valence-electron chi connectivity index (χ0n) is 12.8. The molecular formula is C16H11N5O4. The predicted octanol–water partition coefficient (Wildman–Crippen LogP) is 2.13. The number of nitrogens with zero attached hydrogens (tertiary/aromatic N) is 5. The maximum absolute atomic E-state index is 12.1. The highest BCUT2D eigenvalue weighted by Crippen LogP contribution is 2.20. The van der Waals surface area contributed by atoms with Crippen molar-refractivity contribution in [2.75, 3.05) is 0 Å². The van der Waals surface area contributed by atoms with Crippen molar-refractivity contribution in [2.24, 2.45) is 0 Å². The molecule has 0 fully saturated rings. The molecule has 0 amide bonds. The number of nitro benzene ring substituents is 1. The van der Waals surface area contributed by atoms with Gasteiger partial charge in [-0.15, -0.1) is 5.10 Å². The zero-order chi connectivity index (χ0) is 17.4. The number of hydrogen-bond donors (Lipinski definition) is 0. The van der Waals surface area contributed by atoms with Gasteiger partial charge in [0.25, 0.3) is 5.69 Å². The molecule has 2 aromatic carbocycles. The average molecular weight is 337 g/mol. The Balaban J connectivity index is 1.69. The van der Waals surface area contributed by atoms with E-state index in [0.717, 1.165) is 5.69 Å². The van der Waals surface area contributed by atoms with E-state index in [2.05, 4.69) is 10.1 Å². The van der Waals surface area contributed by atoms with Crippen molar-refractivity contribution < 1.29 is 9.34 Å². The molecule has 0 unspecified atom stereocenters. The highest BCUT2D eigenvalue weighted by atomic mass is 16.6. The van der Waals surface area contributed by atoms with Gasteiger partial charge >= 0.3 is 5.76 Å². The number of fused-ring (bicyclic) bond motifs is 1. The maximum atomic E-state index is 12.1. The van der Waals surface area contributed by atoms with E-state index >= 15 is 0 Å². The van der Waals surface area contributed by atoms with Gasteiger partial charge in [-0.05, 0) is 18.2 Å². The largest absolute Gasteiger partial charge is 0.420 e. The molecule has 0 aliphatic heterocycles. The summed E-state index contributed by atoms with van der Waals surface area (Å²) in [5, 5.41) is 15.2. The third kappa shape index (κ3) is 2.67. The summed E-state index contributed by atoms with van der Waals surface area (Å²) in [7, 11) is 0. The molecule has 0 N–H and O–H groups in total. The first-order chi connectivity index (χ1) is 12.1. The second kappa shape index (κ2) is 5.71. The van der Waals surface area contributed by atoms with Crippen molar-refractivity contribution in [2.45, 2.75) is 6.54 Å². The van der Waals surface area contributed by atoms with Crippen LogP contribution in [-0.2, 0) is 6.54 Å². The molecule has 0 spiro atoms. The van der Waals surface area contributed by atoms with Crippen LogP contribution in [0, 0.1) is 10.1 Å². The van der Waals surface area contributed by atoms with Gasteiger partial charge in [0.1, 0.15) is 6.33 Å². The van der Waals surface area contributed by atoms with Gasteiger partial charge in [0.05, 0.1) is 28.7 Å². The number of non-ortho nitro benzene ring substituents is 1. The lowest BCUT2D eigenvalue weighted by molar-refractivity contribution is -0.384. The molecule has 9 heteroatoms. The highest BCUT2D eigenvalue weighted by molar-refractivity contribution is 5.75. The molecule has 25 heavy (non-hydrogen) atoms. The van der Waals surface area contributed by atoms with E-state index in [0.29, 0.717) is 11.3 Å². The lowest BCUT2D eigenvalue weighted by Gasteiger charge is -1.99. The van der Waals surface area contributed by atoms with Crippen molar-refractivity contribution in [3.63, 3.8) is 0 Å². The van der Waals surface area contributed by atoms with E-state index in [-0.39, 0.29) is 17.8 Å². The van der Waals surface area contributed by atoms with Gasteiger partial charge in [-0.1, -0.05) is 18.2 Å². The summed E-state index contributed by atoms with van der Waals surface area (Å²) in [6.07, 6.45) is 1.56. The second-order valence-electron chi connectivity index (χ2n) is 5.30. The summed E-state index contributed by atoms with van der Waals surface area (Å²) in [5.41, 5.74) is 1.31. The number of para-hydroxylation sites is 1. The Kier molecular flexibility index (Phi) is 3.38. The van der Waals surface area contributed by atoms with Gasteiger partial charge in [-0.3, -0.25) is 14.7 Å². The third-order valence-electron chi connectivity index (χ3n) is 3.72. The van der Waals surface area contributed by atoms with Gasteiger partial charge in [0, 0.05) is 6.07 Å². The van der Waals surface area contributed by atoms with Crippen LogP contribution in [0.25, 0.3) is 16.8 Å². The Morgan fingerprint density at radius 3 is 2.72 bits per heavy atom. The number of oxazole rings is 1. The van der Waals surface area contributed by atoms with Crippen molar-refractivity contribution >= 4 is 16.8 Å². The monoisotopic (exact) mass is 337 g/mol. The van der Waals surface area contributed by atoms with Gasteiger partial charge in [-0.2, -0.15) is 0 Å². The van der Waals surface area contributed by atoms with Gasteiger partial charge in [0.15, 0.2) is 11.4 Å². The van der Waals surface area contributed by atoms with Gasteiger partial charge in [0.2, 0.25) is 0 Å². The molecule has 0 aliphatic rings. The molecule has 2 heterocycles. The lowest BCUT2D eigenvalue weighted by Crippen LogP contribution is -2.15. The van der Waals surface area contributed by atoms with Crippen LogP contribution in [0.2, 0.25) is 0 Å². The van der Waals surface area contributed by atoms with Crippen LogP contribution in [0.1, 0.15) is 5.82 Å². The molecule has 9 nitrogen and oxygen atoms in total. The molecule has 0 saturated heterocycles. The zero-order valence-corrected chi connectivity index (χ0v) is 12.8. The Hall–Kier alpha value is -3.75. The molecule has 0 saturated carbocycles. The highest BCUT2D eigenvalue weighted by Gasteiger charge is 2.15. The van der Waals surface area contributed by atoms with Crippen LogP contribution in [-0.4, -0.2) is 24.3 Å². The SMILES string of the molecule is O=c1oc2cc([N+](=O)[O-])ccc2n1Cc1ncn(-c2ccccc2)n1. The van der Waals surface area contributed by atoms with E-state index in [1.54, 1.807) is 11.0 Å². The van der Waals surface area contributed by atoms with Crippen LogP contribution in [0.3, 0.4) is 0 Å². The molecule has 0 aliphatic carbocycles. The van der Waals surface area contributed by atoms with Crippen LogP contribution in [0.4, 0.5) is 5.69 Å². The van der Waals surface area contributed by atoms with Crippen LogP contribution >= 0.6 is 0 Å². The summed E-state index contributed by atoms with van der Waals surface area (Å²) in [4.78, 5) is 26.5. The van der Waals surface area contributed by atoms with Crippen LogP contribution in [0.5, 0.6) is 0 Å². The predicted molar refractivity (Wildman–Crippen MR) is 87.6 cm³/mol. The average Bonchev–Trinajstić information content (AvgIpc) is 3.20. The minimum Gasteiger partial charge on any atom is -0.407 e. The maximum Gasteiger partial charge on any atom is 0.420 e. The van der Waals surface area contributed by atoms with Crippen LogP contribution in [0.15, 0.2) is 64.1 Å². The molecule has 0 radical (unpaired) electrons. The fourth-order valence-corrected chi connectivity index (χ4v) is 2.53. The van der Waals surface area contributed by atoms with E-state index in [9.17, 15) is 14.9 Å². The number of rotatable bonds is 4. The number of nitro groups is 1. The smallest absolute Gasteiger partial charge is 0.407 e.